The second-order valence-electron chi connectivity index (χ2n) is 6.23. The SMILES string of the molecule is CC(C)(C)CCCCCCOc1ccccc1C=O. The lowest BCUT2D eigenvalue weighted by molar-refractivity contribution is 0.111. The second kappa shape index (κ2) is 7.98. The lowest BCUT2D eigenvalue weighted by Gasteiger charge is -2.17. The molecule has 1 rings (SSSR count). The van der Waals surface area contributed by atoms with Crippen LogP contribution in [0.15, 0.2) is 24.3 Å². The fourth-order valence-corrected chi connectivity index (χ4v) is 2.00. The molecule has 0 unspecified atom stereocenters. The second-order valence-corrected chi connectivity index (χ2v) is 6.23. The minimum atomic E-state index is 0.444. The van der Waals surface area contributed by atoms with Gasteiger partial charge in [-0.3, -0.25) is 4.79 Å². The van der Waals surface area contributed by atoms with Crippen molar-refractivity contribution >= 4 is 6.29 Å². The zero-order valence-electron chi connectivity index (χ0n) is 12.4. The molecule has 2 nitrogen and oxygen atoms in total. The van der Waals surface area contributed by atoms with Crippen LogP contribution in [0.4, 0.5) is 0 Å². The fourth-order valence-electron chi connectivity index (χ4n) is 2.00. The summed E-state index contributed by atoms with van der Waals surface area (Å²) < 4.78 is 5.64. The Morgan fingerprint density at radius 1 is 1.05 bits per heavy atom. The number of carbonyl (C=O) groups excluding carboxylic acids is 1. The predicted molar refractivity (Wildman–Crippen MR) is 79.9 cm³/mol. The minimum Gasteiger partial charge on any atom is -0.493 e. The topological polar surface area (TPSA) is 26.3 Å². The minimum absolute atomic E-state index is 0.444. The lowest BCUT2D eigenvalue weighted by Crippen LogP contribution is -2.04. The van der Waals surface area contributed by atoms with Crippen molar-refractivity contribution < 1.29 is 9.53 Å². The largest absolute Gasteiger partial charge is 0.493 e. The van der Waals surface area contributed by atoms with Crippen molar-refractivity contribution in [1.82, 2.24) is 0 Å². The van der Waals surface area contributed by atoms with Gasteiger partial charge in [-0.25, -0.2) is 0 Å². The number of hydrogen-bond acceptors (Lipinski definition) is 2. The van der Waals surface area contributed by atoms with Gasteiger partial charge in [0.05, 0.1) is 12.2 Å². The Morgan fingerprint density at radius 2 is 1.74 bits per heavy atom. The molecule has 1 aromatic carbocycles. The third kappa shape index (κ3) is 7.00. The highest BCUT2D eigenvalue weighted by atomic mass is 16.5. The molecule has 1 aromatic rings. The average Bonchev–Trinajstić information content (AvgIpc) is 2.37. The van der Waals surface area contributed by atoms with Crippen LogP contribution in [0.5, 0.6) is 5.75 Å². The van der Waals surface area contributed by atoms with E-state index in [-0.39, 0.29) is 0 Å². The van der Waals surface area contributed by atoms with Crippen molar-refractivity contribution in [2.24, 2.45) is 5.41 Å². The smallest absolute Gasteiger partial charge is 0.153 e. The van der Waals surface area contributed by atoms with Crippen LogP contribution in [0.1, 0.15) is 63.2 Å². The first kappa shape index (κ1) is 15.7. The van der Waals surface area contributed by atoms with E-state index in [0.29, 0.717) is 23.3 Å². The summed E-state index contributed by atoms with van der Waals surface area (Å²) in [6.45, 7) is 7.55. The number of benzene rings is 1. The van der Waals surface area contributed by atoms with E-state index in [1.54, 1.807) is 6.07 Å². The van der Waals surface area contributed by atoms with Gasteiger partial charge in [-0.15, -0.1) is 0 Å². The number of aldehydes is 1. The molecule has 0 fully saturated rings. The Morgan fingerprint density at radius 3 is 2.42 bits per heavy atom. The molecule has 0 spiro atoms. The summed E-state index contributed by atoms with van der Waals surface area (Å²) in [6.07, 6.45) is 6.92. The molecule has 0 aliphatic carbocycles. The molecule has 0 heterocycles. The summed E-state index contributed by atoms with van der Waals surface area (Å²) in [4.78, 5) is 10.8. The first-order valence-electron chi connectivity index (χ1n) is 7.20. The van der Waals surface area contributed by atoms with Gasteiger partial charge < -0.3 is 4.74 Å². The van der Waals surface area contributed by atoms with Crippen molar-refractivity contribution in [2.45, 2.75) is 52.9 Å². The number of unbranched alkanes of at least 4 members (excludes halogenated alkanes) is 3. The van der Waals surface area contributed by atoms with Crippen LogP contribution in [0, 0.1) is 5.41 Å². The number of hydrogen-bond donors (Lipinski definition) is 0. The summed E-state index contributed by atoms with van der Waals surface area (Å²) in [5.41, 5.74) is 1.08. The van der Waals surface area contributed by atoms with Gasteiger partial charge in [-0.2, -0.15) is 0 Å². The third-order valence-electron chi connectivity index (χ3n) is 3.12. The summed E-state index contributed by atoms with van der Waals surface area (Å²) in [5, 5.41) is 0. The van der Waals surface area contributed by atoms with Crippen LogP contribution in [-0.4, -0.2) is 12.9 Å². The molecular formula is C17H26O2. The summed E-state index contributed by atoms with van der Waals surface area (Å²) >= 11 is 0. The highest BCUT2D eigenvalue weighted by Gasteiger charge is 2.08. The highest BCUT2D eigenvalue weighted by Crippen LogP contribution is 2.22. The van der Waals surface area contributed by atoms with Gasteiger partial charge in [-0.05, 0) is 30.4 Å². The molecule has 0 saturated heterocycles. The zero-order chi connectivity index (χ0) is 14.1. The maximum Gasteiger partial charge on any atom is 0.153 e. The van der Waals surface area contributed by atoms with E-state index in [2.05, 4.69) is 20.8 Å². The van der Waals surface area contributed by atoms with Crippen LogP contribution in [0.25, 0.3) is 0 Å². The van der Waals surface area contributed by atoms with Gasteiger partial charge in [0.15, 0.2) is 6.29 Å². The molecule has 2 heteroatoms. The summed E-state index contributed by atoms with van der Waals surface area (Å²) in [6, 6.07) is 7.38. The first-order valence-corrected chi connectivity index (χ1v) is 7.20. The number of rotatable bonds is 8. The zero-order valence-corrected chi connectivity index (χ0v) is 12.4. The summed E-state index contributed by atoms with van der Waals surface area (Å²) in [7, 11) is 0. The van der Waals surface area contributed by atoms with E-state index in [1.165, 1.54) is 25.7 Å². The van der Waals surface area contributed by atoms with E-state index >= 15 is 0 Å². The molecule has 0 radical (unpaired) electrons. The van der Waals surface area contributed by atoms with E-state index in [1.807, 2.05) is 18.2 Å². The van der Waals surface area contributed by atoms with Crippen molar-refractivity contribution in [3.8, 4) is 5.75 Å². The van der Waals surface area contributed by atoms with Gasteiger partial charge in [0.25, 0.3) is 0 Å². The van der Waals surface area contributed by atoms with Gasteiger partial charge in [0.1, 0.15) is 5.75 Å². The van der Waals surface area contributed by atoms with Gasteiger partial charge in [0.2, 0.25) is 0 Å². The molecule has 0 saturated carbocycles. The number of para-hydroxylation sites is 1. The first-order chi connectivity index (χ1) is 9.03. The van der Waals surface area contributed by atoms with Crippen molar-refractivity contribution in [1.29, 1.82) is 0 Å². The predicted octanol–water partition coefficient (Wildman–Crippen LogP) is 4.87. The lowest BCUT2D eigenvalue weighted by atomic mass is 9.89. The number of ether oxygens (including phenoxy) is 1. The molecule has 0 atom stereocenters. The standard InChI is InChI=1S/C17H26O2/c1-17(2,3)12-8-4-5-9-13-19-16-11-7-6-10-15(16)14-18/h6-7,10-11,14H,4-5,8-9,12-13H2,1-3H3. The Hall–Kier alpha value is -1.31. The van der Waals surface area contributed by atoms with Crippen molar-refractivity contribution in [3.05, 3.63) is 29.8 Å². The molecule has 0 aromatic heterocycles. The van der Waals surface area contributed by atoms with E-state index < -0.39 is 0 Å². The Kier molecular flexibility index (Phi) is 6.61. The summed E-state index contributed by atoms with van der Waals surface area (Å²) in [5.74, 6) is 0.701. The maximum absolute atomic E-state index is 10.8. The van der Waals surface area contributed by atoms with E-state index in [4.69, 9.17) is 4.74 Å². The molecule has 106 valence electrons. The van der Waals surface area contributed by atoms with Crippen molar-refractivity contribution in [3.63, 3.8) is 0 Å². The monoisotopic (exact) mass is 262 g/mol. The fraction of sp³-hybridized carbons (Fsp3) is 0.588. The van der Waals surface area contributed by atoms with Crippen LogP contribution in [0.2, 0.25) is 0 Å². The Balaban J connectivity index is 2.12. The Bertz CT molecular complexity index is 377. The highest BCUT2D eigenvalue weighted by molar-refractivity contribution is 5.79. The molecular weight excluding hydrogens is 236 g/mol. The van der Waals surface area contributed by atoms with E-state index in [0.717, 1.165) is 12.7 Å². The molecule has 19 heavy (non-hydrogen) atoms. The molecule has 0 aliphatic rings. The molecule has 0 N–H and O–H groups in total. The Labute approximate surface area is 117 Å². The van der Waals surface area contributed by atoms with Crippen molar-refractivity contribution in [2.75, 3.05) is 6.61 Å². The quantitative estimate of drug-likeness (QED) is 0.493. The van der Waals surface area contributed by atoms with Gasteiger partial charge >= 0.3 is 0 Å². The third-order valence-corrected chi connectivity index (χ3v) is 3.12. The van der Waals surface area contributed by atoms with Gasteiger partial charge in [-0.1, -0.05) is 52.2 Å². The molecule has 0 amide bonds. The van der Waals surface area contributed by atoms with Crippen LogP contribution in [0.3, 0.4) is 0 Å². The van der Waals surface area contributed by atoms with Gasteiger partial charge in [0, 0.05) is 0 Å². The average molecular weight is 262 g/mol. The van der Waals surface area contributed by atoms with Crippen LogP contribution < -0.4 is 4.74 Å². The maximum atomic E-state index is 10.8. The normalized spacial score (nSPS) is 11.3. The van der Waals surface area contributed by atoms with E-state index in [9.17, 15) is 4.79 Å². The van der Waals surface area contributed by atoms with Crippen LogP contribution >= 0.6 is 0 Å². The van der Waals surface area contributed by atoms with Crippen LogP contribution in [-0.2, 0) is 0 Å². The molecule has 0 aliphatic heterocycles. The number of carbonyl (C=O) groups is 1. The molecule has 0 bridgehead atoms.